The van der Waals surface area contributed by atoms with Crippen LogP contribution in [0.5, 0.6) is 5.75 Å². The molecule has 0 saturated carbocycles. The first-order valence-corrected chi connectivity index (χ1v) is 7.29. The molecule has 0 atom stereocenters. The van der Waals surface area contributed by atoms with Crippen molar-refractivity contribution in [2.75, 3.05) is 13.2 Å². The van der Waals surface area contributed by atoms with Crippen LogP contribution in [0.25, 0.3) is 0 Å². The minimum Gasteiger partial charge on any atom is -0.493 e. The molecule has 0 fully saturated rings. The smallest absolute Gasteiger partial charge is 0.122 e. The van der Waals surface area contributed by atoms with Crippen LogP contribution < -0.4 is 10.5 Å². The van der Waals surface area contributed by atoms with Crippen LogP contribution in [0.2, 0.25) is 0 Å². The predicted molar refractivity (Wildman–Crippen MR) is 82.8 cm³/mol. The Kier molecular flexibility index (Phi) is 5.86. The van der Waals surface area contributed by atoms with Crippen molar-refractivity contribution in [2.24, 2.45) is 11.1 Å². The minimum atomic E-state index is 0.220. The van der Waals surface area contributed by atoms with Gasteiger partial charge in [-0.3, -0.25) is 0 Å². The highest BCUT2D eigenvalue weighted by atomic mass is 16.5. The molecule has 0 unspecified atom stereocenters. The Morgan fingerprint density at radius 3 is 2.53 bits per heavy atom. The van der Waals surface area contributed by atoms with Gasteiger partial charge in [0.05, 0.1) is 6.61 Å². The molecule has 2 nitrogen and oxygen atoms in total. The number of nitrogens with two attached hydrogens (primary N) is 1. The van der Waals surface area contributed by atoms with Gasteiger partial charge in [-0.15, -0.1) is 0 Å². The van der Waals surface area contributed by atoms with E-state index < -0.39 is 0 Å². The molecule has 1 aromatic carbocycles. The van der Waals surface area contributed by atoms with E-state index in [1.165, 1.54) is 11.1 Å². The summed E-state index contributed by atoms with van der Waals surface area (Å²) in [7, 11) is 0. The van der Waals surface area contributed by atoms with Gasteiger partial charge >= 0.3 is 0 Å². The van der Waals surface area contributed by atoms with E-state index in [2.05, 4.69) is 52.8 Å². The zero-order valence-electron chi connectivity index (χ0n) is 13.1. The third-order valence-corrected chi connectivity index (χ3v) is 3.69. The molecule has 108 valence electrons. The second-order valence-corrected chi connectivity index (χ2v) is 6.50. The van der Waals surface area contributed by atoms with Gasteiger partial charge in [0.1, 0.15) is 5.75 Å². The van der Waals surface area contributed by atoms with Gasteiger partial charge in [-0.1, -0.05) is 39.8 Å². The highest BCUT2D eigenvalue weighted by Gasteiger charge is 2.14. The quantitative estimate of drug-likeness (QED) is 0.746. The van der Waals surface area contributed by atoms with Crippen LogP contribution in [0, 0.1) is 12.3 Å². The SMILES string of the molecule is Cc1ccc(C(C)C)cc1OCCCC(C)(C)CN. The summed E-state index contributed by atoms with van der Waals surface area (Å²) >= 11 is 0. The van der Waals surface area contributed by atoms with Crippen LogP contribution in [-0.4, -0.2) is 13.2 Å². The fraction of sp³-hybridized carbons (Fsp3) is 0.647. The van der Waals surface area contributed by atoms with Crippen molar-refractivity contribution in [1.29, 1.82) is 0 Å². The standard InChI is InChI=1S/C17H29NO/c1-13(2)15-8-7-14(3)16(11-15)19-10-6-9-17(4,5)12-18/h7-8,11,13H,6,9-10,12,18H2,1-5H3. The summed E-state index contributed by atoms with van der Waals surface area (Å²) in [6, 6.07) is 6.51. The van der Waals surface area contributed by atoms with Crippen LogP contribution in [0.3, 0.4) is 0 Å². The second-order valence-electron chi connectivity index (χ2n) is 6.50. The number of hydrogen-bond donors (Lipinski definition) is 1. The molecule has 0 spiro atoms. The van der Waals surface area contributed by atoms with Crippen LogP contribution >= 0.6 is 0 Å². The van der Waals surface area contributed by atoms with Gasteiger partial charge in [0, 0.05) is 0 Å². The number of ether oxygens (including phenoxy) is 1. The maximum atomic E-state index is 5.93. The van der Waals surface area contributed by atoms with Crippen molar-refractivity contribution in [1.82, 2.24) is 0 Å². The molecular formula is C17H29NO. The Morgan fingerprint density at radius 1 is 1.26 bits per heavy atom. The molecule has 2 N–H and O–H groups in total. The maximum Gasteiger partial charge on any atom is 0.122 e. The van der Waals surface area contributed by atoms with Crippen molar-refractivity contribution in [3.05, 3.63) is 29.3 Å². The molecule has 0 amide bonds. The van der Waals surface area contributed by atoms with E-state index in [0.29, 0.717) is 5.92 Å². The van der Waals surface area contributed by atoms with E-state index in [1.807, 2.05) is 0 Å². The molecule has 1 aromatic rings. The molecule has 0 heterocycles. The number of benzene rings is 1. The van der Waals surface area contributed by atoms with Crippen LogP contribution in [0.15, 0.2) is 18.2 Å². The van der Waals surface area contributed by atoms with E-state index in [1.54, 1.807) is 0 Å². The molecule has 19 heavy (non-hydrogen) atoms. The number of hydrogen-bond acceptors (Lipinski definition) is 2. The molecular weight excluding hydrogens is 234 g/mol. The van der Waals surface area contributed by atoms with Gasteiger partial charge < -0.3 is 10.5 Å². The zero-order valence-corrected chi connectivity index (χ0v) is 13.1. The number of rotatable bonds is 7. The second kappa shape index (κ2) is 6.95. The van der Waals surface area contributed by atoms with Gasteiger partial charge in [-0.2, -0.15) is 0 Å². The fourth-order valence-electron chi connectivity index (χ4n) is 1.97. The average Bonchev–Trinajstić information content (AvgIpc) is 2.36. The Labute approximate surface area is 118 Å². The lowest BCUT2D eigenvalue weighted by atomic mass is 9.88. The van der Waals surface area contributed by atoms with Crippen molar-refractivity contribution in [2.45, 2.75) is 53.4 Å². The normalized spacial score (nSPS) is 11.9. The maximum absolute atomic E-state index is 5.93. The first-order valence-electron chi connectivity index (χ1n) is 7.29. The lowest BCUT2D eigenvalue weighted by molar-refractivity contribution is 0.260. The Morgan fingerprint density at radius 2 is 1.95 bits per heavy atom. The largest absolute Gasteiger partial charge is 0.493 e. The van der Waals surface area contributed by atoms with E-state index in [4.69, 9.17) is 10.5 Å². The summed E-state index contributed by atoms with van der Waals surface area (Å²) in [5.41, 5.74) is 8.50. The van der Waals surface area contributed by atoms with E-state index >= 15 is 0 Å². The monoisotopic (exact) mass is 263 g/mol. The first-order chi connectivity index (χ1) is 8.85. The molecule has 0 aromatic heterocycles. The summed E-state index contributed by atoms with van der Waals surface area (Å²) in [4.78, 5) is 0. The van der Waals surface area contributed by atoms with E-state index in [0.717, 1.165) is 31.7 Å². The molecule has 0 bridgehead atoms. The van der Waals surface area contributed by atoms with E-state index in [9.17, 15) is 0 Å². The molecule has 0 aliphatic heterocycles. The van der Waals surface area contributed by atoms with Crippen molar-refractivity contribution in [3.8, 4) is 5.75 Å². The lowest BCUT2D eigenvalue weighted by Gasteiger charge is -2.22. The highest BCUT2D eigenvalue weighted by molar-refractivity contribution is 5.37. The van der Waals surface area contributed by atoms with Crippen LogP contribution in [0.4, 0.5) is 0 Å². The molecule has 0 saturated heterocycles. The molecule has 0 aliphatic rings. The lowest BCUT2D eigenvalue weighted by Crippen LogP contribution is -2.24. The summed E-state index contributed by atoms with van der Waals surface area (Å²) in [6.45, 7) is 12.4. The average molecular weight is 263 g/mol. The van der Waals surface area contributed by atoms with Gasteiger partial charge in [0.2, 0.25) is 0 Å². The predicted octanol–water partition coefficient (Wildman–Crippen LogP) is 4.26. The zero-order chi connectivity index (χ0) is 14.5. The van der Waals surface area contributed by atoms with Crippen molar-refractivity contribution in [3.63, 3.8) is 0 Å². The topological polar surface area (TPSA) is 35.2 Å². The number of aryl methyl sites for hydroxylation is 1. The Hall–Kier alpha value is -1.02. The highest BCUT2D eigenvalue weighted by Crippen LogP contribution is 2.25. The van der Waals surface area contributed by atoms with E-state index in [-0.39, 0.29) is 5.41 Å². The van der Waals surface area contributed by atoms with Gasteiger partial charge in [-0.25, -0.2) is 0 Å². The Bertz CT molecular complexity index is 396. The van der Waals surface area contributed by atoms with Crippen LogP contribution in [0.1, 0.15) is 57.6 Å². The van der Waals surface area contributed by atoms with Crippen LogP contribution in [-0.2, 0) is 0 Å². The third kappa shape index (κ3) is 5.23. The Balaban J connectivity index is 2.51. The molecule has 2 heteroatoms. The van der Waals surface area contributed by atoms with Crippen molar-refractivity contribution < 1.29 is 4.74 Å². The molecule has 0 aliphatic carbocycles. The van der Waals surface area contributed by atoms with Gasteiger partial charge in [-0.05, 0) is 54.8 Å². The minimum absolute atomic E-state index is 0.220. The summed E-state index contributed by atoms with van der Waals surface area (Å²) in [5.74, 6) is 1.57. The first kappa shape index (κ1) is 16.0. The van der Waals surface area contributed by atoms with Crippen molar-refractivity contribution >= 4 is 0 Å². The summed E-state index contributed by atoms with van der Waals surface area (Å²) in [5, 5.41) is 0. The summed E-state index contributed by atoms with van der Waals surface area (Å²) in [6.07, 6.45) is 2.15. The summed E-state index contributed by atoms with van der Waals surface area (Å²) < 4.78 is 5.93. The fourth-order valence-corrected chi connectivity index (χ4v) is 1.97. The third-order valence-electron chi connectivity index (χ3n) is 3.69. The van der Waals surface area contributed by atoms with Gasteiger partial charge in [0.15, 0.2) is 0 Å². The molecule has 1 rings (SSSR count). The molecule has 0 radical (unpaired) electrons. The van der Waals surface area contributed by atoms with Gasteiger partial charge in [0.25, 0.3) is 0 Å².